The second-order valence-electron chi connectivity index (χ2n) is 7.62. The fourth-order valence-electron chi connectivity index (χ4n) is 3.79. The Morgan fingerprint density at radius 2 is 1.93 bits per heavy atom. The molecule has 3 aromatic heterocycles. The van der Waals surface area contributed by atoms with Gasteiger partial charge in [-0.1, -0.05) is 0 Å². The fraction of sp³-hybridized carbons (Fsp3) is 0.273. The standard InChI is InChI=1S/C22H22N6O/c1-13-20-18(12-19(15-4-5-15)25-21(20)27(3)26-13)22(29)24-16-6-8-17(9-7-16)28-11-10-23-14(28)2/h6-12,15H,4-5H2,1-3H3,(H,24,29). The lowest BCUT2D eigenvalue weighted by Crippen LogP contribution is -2.14. The van der Waals surface area contributed by atoms with Crippen molar-refractivity contribution in [2.24, 2.45) is 7.05 Å². The molecule has 7 heteroatoms. The smallest absolute Gasteiger partial charge is 0.256 e. The van der Waals surface area contributed by atoms with Gasteiger partial charge in [0.15, 0.2) is 5.65 Å². The van der Waals surface area contributed by atoms with Crippen molar-refractivity contribution in [1.82, 2.24) is 24.3 Å². The Balaban J connectivity index is 1.48. The van der Waals surface area contributed by atoms with Gasteiger partial charge in [0.2, 0.25) is 0 Å². The summed E-state index contributed by atoms with van der Waals surface area (Å²) in [6, 6.07) is 9.69. The third-order valence-corrected chi connectivity index (χ3v) is 5.46. The topological polar surface area (TPSA) is 77.6 Å². The molecule has 0 bridgehead atoms. The van der Waals surface area contributed by atoms with Crippen molar-refractivity contribution in [3.8, 4) is 5.69 Å². The lowest BCUT2D eigenvalue weighted by atomic mass is 10.1. The molecule has 3 heterocycles. The van der Waals surface area contributed by atoms with Crippen LogP contribution in [-0.4, -0.2) is 30.2 Å². The van der Waals surface area contributed by atoms with Crippen LogP contribution in [0.1, 0.15) is 46.3 Å². The number of carbonyl (C=O) groups is 1. The normalized spacial score (nSPS) is 13.8. The van der Waals surface area contributed by atoms with E-state index in [0.29, 0.717) is 11.5 Å². The summed E-state index contributed by atoms with van der Waals surface area (Å²) in [5.41, 5.74) is 4.95. The molecule has 5 rings (SSSR count). The van der Waals surface area contributed by atoms with Crippen LogP contribution in [0.4, 0.5) is 5.69 Å². The summed E-state index contributed by atoms with van der Waals surface area (Å²) in [5, 5.41) is 8.33. The van der Waals surface area contributed by atoms with Gasteiger partial charge in [0.25, 0.3) is 5.91 Å². The second-order valence-corrected chi connectivity index (χ2v) is 7.62. The molecule has 4 aromatic rings. The molecule has 29 heavy (non-hydrogen) atoms. The van der Waals surface area contributed by atoms with Crippen LogP contribution in [-0.2, 0) is 7.05 Å². The first-order valence-electron chi connectivity index (χ1n) is 9.77. The molecule has 0 atom stereocenters. The van der Waals surface area contributed by atoms with Gasteiger partial charge in [-0.25, -0.2) is 9.97 Å². The van der Waals surface area contributed by atoms with Crippen molar-refractivity contribution in [2.75, 3.05) is 5.32 Å². The number of rotatable bonds is 4. The largest absolute Gasteiger partial charge is 0.322 e. The van der Waals surface area contributed by atoms with Gasteiger partial charge in [-0.15, -0.1) is 0 Å². The molecule has 1 aromatic carbocycles. The number of nitrogens with zero attached hydrogens (tertiary/aromatic N) is 5. The predicted molar refractivity (Wildman–Crippen MR) is 111 cm³/mol. The highest BCUT2D eigenvalue weighted by molar-refractivity contribution is 6.12. The Kier molecular flexibility index (Phi) is 3.97. The Bertz CT molecular complexity index is 1230. The van der Waals surface area contributed by atoms with E-state index in [2.05, 4.69) is 15.4 Å². The van der Waals surface area contributed by atoms with Crippen molar-refractivity contribution in [1.29, 1.82) is 0 Å². The quantitative estimate of drug-likeness (QED) is 0.577. The maximum atomic E-state index is 13.2. The lowest BCUT2D eigenvalue weighted by molar-refractivity contribution is 0.102. The van der Waals surface area contributed by atoms with Crippen LogP contribution in [0, 0.1) is 13.8 Å². The Labute approximate surface area is 168 Å². The number of aromatic nitrogens is 5. The first kappa shape index (κ1) is 17.6. The van der Waals surface area contributed by atoms with Crippen LogP contribution in [0.25, 0.3) is 16.7 Å². The highest BCUT2D eigenvalue weighted by Crippen LogP contribution is 2.40. The van der Waals surface area contributed by atoms with Crippen LogP contribution in [0.2, 0.25) is 0 Å². The van der Waals surface area contributed by atoms with E-state index in [9.17, 15) is 4.79 Å². The van der Waals surface area contributed by atoms with Crippen molar-refractivity contribution < 1.29 is 4.79 Å². The zero-order valence-electron chi connectivity index (χ0n) is 16.7. The molecular formula is C22H22N6O. The van der Waals surface area contributed by atoms with Crippen molar-refractivity contribution in [3.63, 3.8) is 0 Å². The number of pyridine rings is 1. The van der Waals surface area contributed by atoms with E-state index >= 15 is 0 Å². The number of aryl methyl sites for hydroxylation is 3. The highest BCUT2D eigenvalue weighted by atomic mass is 16.1. The summed E-state index contributed by atoms with van der Waals surface area (Å²) >= 11 is 0. The van der Waals surface area contributed by atoms with E-state index in [0.717, 1.165) is 52.5 Å². The van der Waals surface area contributed by atoms with Gasteiger partial charge in [-0.3, -0.25) is 9.48 Å². The van der Waals surface area contributed by atoms with E-state index in [1.165, 1.54) is 0 Å². The van der Waals surface area contributed by atoms with E-state index in [-0.39, 0.29) is 5.91 Å². The van der Waals surface area contributed by atoms with Crippen LogP contribution >= 0.6 is 0 Å². The number of hydrogen-bond acceptors (Lipinski definition) is 4. The number of fused-ring (bicyclic) bond motifs is 1. The molecule has 146 valence electrons. The number of anilines is 1. The van der Waals surface area contributed by atoms with Gasteiger partial charge in [0.1, 0.15) is 5.82 Å². The molecule has 0 unspecified atom stereocenters. The molecule has 0 saturated heterocycles. The lowest BCUT2D eigenvalue weighted by Gasteiger charge is -2.10. The molecular weight excluding hydrogens is 364 g/mol. The molecule has 1 aliphatic rings. The number of imidazole rings is 1. The highest BCUT2D eigenvalue weighted by Gasteiger charge is 2.28. The minimum Gasteiger partial charge on any atom is -0.322 e. The van der Waals surface area contributed by atoms with Crippen LogP contribution in [0.3, 0.4) is 0 Å². The van der Waals surface area contributed by atoms with Gasteiger partial charge in [-0.2, -0.15) is 5.10 Å². The molecule has 1 saturated carbocycles. The molecule has 1 N–H and O–H groups in total. The van der Waals surface area contributed by atoms with E-state index < -0.39 is 0 Å². The van der Waals surface area contributed by atoms with E-state index in [1.54, 1.807) is 10.9 Å². The van der Waals surface area contributed by atoms with Gasteiger partial charge in [-0.05, 0) is 57.0 Å². The van der Waals surface area contributed by atoms with Crippen molar-refractivity contribution in [3.05, 3.63) is 65.5 Å². The zero-order chi connectivity index (χ0) is 20.1. The van der Waals surface area contributed by atoms with Gasteiger partial charge >= 0.3 is 0 Å². The number of amides is 1. The summed E-state index contributed by atoms with van der Waals surface area (Å²) in [7, 11) is 1.87. The van der Waals surface area contributed by atoms with Gasteiger partial charge in [0, 0.05) is 42.4 Å². The van der Waals surface area contributed by atoms with Gasteiger partial charge in [0.05, 0.1) is 16.6 Å². The van der Waals surface area contributed by atoms with Crippen LogP contribution < -0.4 is 5.32 Å². The number of benzene rings is 1. The molecule has 1 amide bonds. The van der Waals surface area contributed by atoms with Crippen molar-refractivity contribution >= 4 is 22.6 Å². The summed E-state index contributed by atoms with van der Waals surface area (Å²) in [6.07, 6.45) is 5.95. The fourth-order valence-corrected chi connectivity index (χ4v) is 3.79. The minimum atomic E-state index is -0.137. The molecule has 0 aliphatic heterocycles. The molecule has 0 spiro atoms. The van der Waals surface area contributed by atoms with Crippen LogP contribution in [0.15, 0.2) is 42.7 Å². The third kappa shape index (κ3) is 3.08. The van der Waals surface area contributed by atoms with E-state index in [4.69, 9.17) is 4.98 Å². The summed E-state index contributed by atoms with van der Waals surface area (Å²) in [4.78, 5) is 22.2. The predicted octanol–water partition coefficient (Wildman–Crippen LogP) is 3.90. The number of nitrogens with one attached hydrogen (secondary N) is 1. The minimum absolute atomic E-state index is 0.137. The summed E-state index contributed by atoms with van der Waals surface area (Å²) in [6.45, 7) is 3.87. The Hall–Kier alpha value is -3.48. The number of hydrogen-bond donors (Lipinski definition) is 1. The maximum Gasteiger partial charge on any atom is 0.256 e. The van der Waals surface area contributed by atoms with Gasteiger partial charge < -0.3 is 9.88 Å². The maximum absolute atomic E-state index is 13.2. The van der Waals surface area contributed by atoms with Crippen molar-refractivity contribution in [2.45, 2.75) is 32.6 Å². The molecule has 0 radical (unpaired) electrons. The average molecular weight is 386 g/mol. The average Bonchev–Trinajstić information content (AvgIpc) is 3.42. The van der Waals surface area contributed by atoms with Crippen LogP contribution in [0.5, 0.6) is 0 Å². The SMILES string of the molecule is Cc1nn(C)c2nc(C3CC3)cc(C(=O)Nc3ccc(-n4ccnc4C)cc3)c12. The Morgan fingerprint density at radius 3 is 2.59 bits per heavy atom. The summed E-state index contributed by atoms with van der Waals surface area (Å²) < 4.78 is 3.76. The first-order valence-corrected chi connectivity index (χ1v) is 9.77. The van der Waals surface area contributed by atoms with E-state index in [1.807, 2.05) is 62.0 Å². The molecule has 1 aliphatic carbocycles. The molecule has 1 fully saturated rings. The number of carbonyl (C=O) groups excluding carboxylic acids is 1. The Morgan fingerprint density at radius 1 is 1.17 bits per heavy atom. The molecule has 7 nitrogen and oxygen atoms in total. The summed E-state index contributed by atoms with van der Waals surface area (Å²) in [5.74, 6) is 1.24. The second kappa shape index (κ2) is 6.55. The third-order valence-electron chi connectivity index (χ3n) is 5.46. The zero-order valence-corrected chi connectivity index (χ0v) is 16.7. The first-order chi connectivity index (χ1) is 14.0. The monoisotopic (exact) mass is 386 g/mol.